The molecule has 1 fully saturated rings. The molecule has 1 saturated heterocycles. The first kappa shape index (κ1) is 14.7. The van der Waals surface area contributed by atoms with Crippen LogP contribution in [-0.2, 0) is 4.79 Å². The van der Waals surface area contributed by atoms with E-state index in [9.17, 15) is 9.90 Å². The van der Waals surface area contributed by atoms with Crippen molar-refractivity contribution in [1.82, 2.24) is 10.6 Å². The molecule has 1 heterocycles. The molecule has 15 heavy (non-hydrogen) atoms. The lowest BCUT2D eigenvalue weighted by Gasteiger charge is -2.16. The molecule has 4 nitrogen and oxygen atoms in total. The van der Waals surface area contributed by atoms with Crippen LogP contribution in [0.15, 0.2) is 0 Å². The van der Waals surface area contributed by atoms with Crippen molar-refractivity contribution in [3.05, 3.63) is 0 Å². The molecule has 0 radical (unpaired) electrons. The SMILES string of the molecule is CCC(C)C(=O)NCC1CNCC1O.Cl. The summed E-state index contributed by atoms with van der Waals surface area (Å²) in [7, 11) is 0. The molecule has 5 heteroatoms. The van der Waals surface area contributed by atoms with Gasteiger partial charge >= 0.3 is 0 Å². The van der Waals surface area contributed by atoms with Gasteiger partial charge in [0.25, 0.3) is 0 Å². The molecule has 0 aromatic heterocycles. The third-order valence-corrected chi connectivity index (χ3v) is 2.90. The van der Waals surface area contributed by atoms with Crippen LogP contribution in [0.2, 0.25) is 0 Å². The second-order valence-electron chi connectivity index (χ2n) is 4.04. The minimum absolute atomic E-state index is 0. The third kappa shape index (κ3) is 4.36. The van der Waals surface area contributed by atoms with Crippen molar-refractivity contribution in [2.75, 3.05) is 19.6 Å². The molecule has 0 saturated carbocycles. The number of nitrogens with one attached hydrogen (secondary N) is 2. The number of hydrogen-bond acceptors (Lipinski definition) is 3. The summed E-state index contributed by atoms with van der Waals surface area (Å²) in [6.45, 7) is 5.93. The van der Waals surface area contributed by atoms with Gasteiger partial charge < -0.3 is 15.7 Å². The van der Waals surface area contributed by atoms with E-state index < -0.39 is 0 Å². The van der Waals surface area contributed by atoms with E-state index in [1.165, 1.54) is 0 Å². The van der Waals surface area contributed by atoms with E-state index in [4.69, 9.17) is 0 Å². The number of aliphatic hydroxyl groups is 1. The molecule has 1 rings (SSSR count). The summed E-state index contributed by atoms with van der Waals surface area (Å²) >= 11 is 0. The van der Waals surface area contributed by atoms with Crippen LogP contribution in [0.5, 0.6) is 0 Å². The van der Waals surface area contributed by atoms with Crippen LogP contribution in [0.25, 0.3) is 0 Å². The Morgan fingerprint density at radius 3 is 2.73 bits per heavy atom. The Bertz CT molecular complexity index is 202. The van der Waals surface area contributed by atoms with Crippen molar-refractivity contribution < 1.29 is 9.90 Å². The van der Waals surface area contributed by atoms with Gasteiger partial charge in [-0.3, -0.25) is 4.79 Å². The van der Waals surface area contributed by atoms with Gasteiger partial charge in [-0.05, 0) is 6.42 Å². The Hall–Kier alpha value is -0.320. The minimum Gasteiger partial charge on any atom is -0.391 e. The normalized spacial score (nSPS) is 26.9. The maximum Gasteiger partial charge on any atom is 0.222 e. The molecule has 0 bridgehead atoms. The van der Waals surface area contributed by atoms with Gasteiger partial charge in [0.05, 0.1) is 6.10 Å². The number of amides is 1. The number of aliphatic hydroxyl groups excluding tert-OH is 1. The Labute approximate surface area is 97.2 Å². The van der Waals surface area contributed by atoms with Crippen LogP contribution < -0.4 is 10.6 Å². The predicted molar refractivity (Wildman–Crippen MR) is 62.1 cm³/mol. The Balaban J connectivity index is 0.00000196. The summed E-state index contributed by atoms with van der Waals surface area (Å²) in [6, 6.07) is 0. The van der Waals surface area contributed by atoms with Crippen molar-refractivity contribution >= 4 is 18.3 Å². The van der Waals surface area contributed by atoms with Gasteiger partial charge in [0, 0.05) is 31.5 Å². The Kier molecular flexibility index (Phi) is 6.89. The topological polar surface area (TPSA) is 61.4 Å². The largest absolute Gasteiger partial charge is 0.391 e. The van der Waals surface area contributed by atoms with Crippen LogP contribution in [-0.4, -0.2) is 36.8 Å². The number of rotatable bonds is 4. The fraction of sp³-hybridized carbons (Fsp3) is 0.900. The van der Waals surface area contributed by atoms with Gasteiger partial charge in [-0.15, -0.1) is 12.4 Å². The van der Waals surface area contributed by atoms with Gasteiger partial charge in [0.2, 0.25) is 5.91 Å². The summed E-state index contributed by atoms with van der Waals surface area (Å²) in [6.07, 6.45) is 0.546. The highest BCUT2D eigenvalue weighted by Crippen LogP contribution is 2.08. The number of halogens is 1. The number of hydrogen-bond donors (Lipinski definition) is 3. The van der Waals surface area contributed by atoms with Crippen molar-refractivity contribution in [3.8, 4) is 0 Å². The highest BCUT2D eigenvalue weighted by atomic mass is 35.5. The Morgan fingerprint density at radius 1 is 1.60 bits per heavy atom. The zero-order valence-corrected chi connectivity index (χ0v) is 10.1. The smallest absolute Gasteiger partial charge is 0.222 e. The van der Waals surface area contributed by atoms with Crippen molar-refractivity contribution in [2.45, 2.75) is 26.4 Å². The maximum absolute atomic E-state index is 11.4. The van der Waals surface area contributed by atoms with Crippen LogP contribution in [0, 0.1) is 11.8 Å². The first-order valence-corrected chi connectivity index (χ1v) is 5.31. The Morgan fingerprint density at radius 2 is 2.27 bits per heavy atom. The molecular formula is C10H21ClN2O2. The van der Waals surface area contributed by atoms with E-state index in [-0.39, 0.29) is 36.3 Å². The van der Waals surface area contributed by atoms with Gasteiger partial charge in [-0.2, -0.15) is 0 Å². The highest BCUT2D eigenvalue weighted by Gasteiger charge is 2.25. The summed E-state index contributed by atoms with van der Waals surface area (Å²) in [5.41, 5.74) is 0. The summed E-state index contributed by atoms with van der Waals surface area (Å²) < 4.78 is 0. The number of β-amino-alcohol motifs (C(OH)–C–C–N with tert-alkyl or cyclic N) is 1. The standard InChI is InChI=1S/C10H20N2O2.ClH/c1-3-7(2)10(14)12-5-8-4-11-6-9(8)13;/h7-9,11,13H,3-6H2,1-2H3,(H,12,14);1H. The van der Waals surface area contributed by atoms with Crippen molar-refractivity contribution in [2.24, 2.45) is 11.8 Å². The van der Waals surface area contributed by atoms with E-state index in [1.807, 2.05) is 13.8 Å². The first-order chi connectivity index (χ1) is 6.65. The van der Waals surface area contributed by atoms with E-state index in [0.717, 1.165) is 13.0 Å². The van der Waals surface area contributed by atoms with Crippen LogP contribution in [0.4, 0.5) is 0 Å². The third-order valence-electron chi connectivity index (χ3n) is 2.90. The molecule has 3 atom stereocenters. The van der Waals surface area contributed by atoms with Gasteiger partial charge in [-0.25, -0.2) is 0 Å². The second-order valence-corrected chi connectivity index (χ2v) is 4.04. The molecule has 3 N–H and O–H groups in total. The molecule has 90 valence electrons. The summed E-state index contributed by atoms with van der Waals surface area (Å²) in [5.74, 6) is 0.330. The van der Waals surface area contributed by atoms with Crippen molar-refractivity contribution in [3.63, 3.8) is 0 Å². The number of carbonyl (C=O) groups is 1. The first-order valence-electron chi connectivity index (χ1n) is 5.31. The molecule has 0 aliphatic carbocycles. The zero-order valence-electron chi connectivity index (χ0n) is 9.32. The molecule has 0 aromatic rings. The van der Waals surface area contributed by atoms with Gasteiger partial charge in [0.15, 0.2) is 0 Å². The number of carbonyl (C=O) groups excluding carboxylic acids is 1. The molecular weight excluding hydrogens is 216 g/mol. The molecule has 1 aliphatic rings. The van der Waals surface area contributed by atoms with E-state index in [1.54, 1.807) is 0 Å². The molecule has 1 aliphatic heterocycles. The van der Waals surface area contributed by atoms with Gasteiger partial charge in [-0.1, -0.05) is 13.8 Å². The van der Waals surface area contributed by atoms with E-state index >= 15 is 0 Å². The average Bonchev–Trinajstić information content (AvgIpc) is 2.59. The van der Waals surface area contributed by atoms with Crippen LogP contribution >= 0.6 is 12.4 Å². The minimum atomic E-state index is -0.313. The monoisotopic (exact) mass is 236 g/mol. The lowest BCUT2D eigenvalue weighted by atomic mass is 10.1. The fourth-order valence-electron chi connectivity index (χ4n) is 1.52. The van der Waals surface area contributed by atoms with Gasteiger partial charge in [0.1, 0.15) is 0 Å². The molecule has 0 aromatic carbocycles. The quantitative estimate of drug-likeness (QED) is 0.651. The summed E-state index contributed by atoms with van der Waals surface area (Å²) in [4.78, 5) is 11.4. The van der Waals surface area contributed by atoms with Crippen LogP contribution in [0.1, 0.15) is 20.3 Å². The van der Waals surface area contributed by atoms with E-state index in [2.05, 4.69) is 10.6 Å². The second kappa shape index (κ2) is 7.04. The summed E-state index contributed by atoms with van der Waals surface area (Å²) in [5, 5.41) is 15.4. The molecule has 0 spiro atoms. The molecule has 3 unspecified atom stereocenters. The van der Waals surface area contributed by atoms with Crippen molar-refractivity contribution in [1.29, 1.82) is 0 Å². The maximum atomic E-state index is 11.4. The highest BCUT2D eigenvalue weighted by molar-refractivity contribution is 5.85. The predicted octanol–water partition coefficient (Wildman–Crippen LogP) is 0.151. The zero-order chi connectivity index (χ0) is 10.6. The fourth-order valence-corrected chi connectivity index (χ4v) is 1.52. The lowest BCUT2D eigenvalue weighted by Crippen LogP contribution is -2.36. The molecule has 1 amide bonds. The lowest BCUT2D eigenvalue weighted by molar-refractivity contribution is -0.124. The van der Waals surface area contributed by atoms with Crippen LogP contribution in [0.3, 0.4) is 0 Å². The van der Waals surface area contributed by atoms with E-state index in [0.29, 0.717) is 13.1 Å². The average molecular weight is 237 g/mol.